The zero-order valence-electron chi connectivity index (χ0n) is 9.54. The summed E-state index contributed by atoms with van der Waals surface area (Å²) in [4.78, 5) is 0.292. The molecule has 0 aliphatic heterocycles. The average Bonchev–Trinajstić information content (AvgIpc) is 2.82. The zero-order chi connectivity index (χ0) is 13.0. The van der Waals surface area contributed by atoms with Gasteiger partial charge in [0.05, 0.1) is 12.1 Å². The van der Waals surface area contributed by atoms with Gasteiger partial charge in [-0.3, -0.25) is 4.68 Å². The van der Waals surface area contributed by atoms with Crippen molar-refractivity contribution in [2.45, 2.75) is 6.54 Å². The summed E-state index contributed by atoms with van der Waals surface area (Å²) in [6, 6.07) is 7.06. The van der Waals surface area contributed by atoms with E-state index in [1.165, 1.54) is 0 Å². The topological polar surface area (TPSA) is 53.1 Å². The Bertz CT molecular complexity index is 542. The van der Waals surface area contributed by atoms with Crippen LogP contribution >= 0.6 is 23.8 Å². The van der Waals surface area contributed by atoms with Crippen molar-refractivity contribution in [3.8, 4) is 5.75 Å². The fourth-order valence-electron chi connectivity index (χ4n) is 1.50. The molecule has 0 unspecified atom stereocenters. The Balaban J connectivity index is 2.03. The van der Waals surface area contributed by atoms with Crippen molar-refractivity contribution in [2.75, 3.05) is 6.61 Å². The fourth-order valence-corrected chi connectivity index (χ4v) is 1.83. The van der Waals surface area contributed by atoms with Crippen LogP contribution in [0, 0.1) is 0 Å². The van der Waals surface area contributed by atoms with Gasteiger partial charge in [0.15, 0.2) is 0 Å². The Morgan fingerprint density at radius 3 is 3.00 bits per heavy atom. The maximum absolute atomic E-state index is 5.92. The van der Waals surface area contributed by atoms with Crippen molar-refractivity contribution in [3.63, 3.8) is 0 Å². The van der Waals surface area contributed by atoms with E-state index in [1.807, 2.05) is 12.3 Å². The number of nitrogens with zero attached hydrogens (tertiary/aromatic N) is 2. The van der Waals surface area contributed by atoms with Crippen molar-refractivity contribution in [3.05, 3.63) is 47.2 Å². The summed E-state index contributed by atoms with van der Waals surface area (Å²) >= 11 is 10.9. The fraction of sp³-hybridized carbons (Fsp3) is 0.167. The molecule has 4 nitrogen and oxygen atoms in total. The Labute approximate surface area is 115 Å². The molecule has 1 aromatic carbocycles. The van der Waals surface area contributed by atoms with Crippen molar-refractivity contribution in [1.82, 2.24) is 9.78 Å². The van der Waals surface area contributed by atoms with Crippen molar-refractivity contribution >= 4 is 28.8 Å². The zero-order valence-corrected chi connectivity index (χ0v) is 11.1. The van der Waals surface area contributed by atoms with Gasteiger partial charge in [0.25, 0.3) is 0 Å². The normalized spacial score (nSPS) is 10.3. The molecule has 0 saturated heterocycles. The molecule has 2 aromatic rings. The van der Waals surface area contributed by atoms with E-state index in [2.05, 4.69) is 5.10 Å². The molecule has 0 bridgehead atoms. The second-order valence-electron chi connectivity index (χ2n) is 3.62. The quantitative estimate of drug-likeness (QED) is 0.854. The minimum atomic E-state index is 0.292. The van der Waals surface area contributed by atoms with Gasteiger partial charge >= 0.3 is 0 Å². The second kappa shape index (κ2) is 5.84. The van der Waals surface area contributed by atoms with Crippen LogP contribution in [0.3, 0.4) is 0 Å². The number of halogens is 1. The molecule has 0 aliphatic rings. The summed E-state index contributed by atoms with van der Waals surface area (Å²) in [5, 5.41) is 4.67. The summed E-state index contributed by atoms with van der Waals surface area (Å²) in [6.07, 6.45) is 3.59. The van der Waals surface area contributed by atoms with E-state index in [0.717, 1.165) is 0 Å². The van der Waals surface area contributed by atoms with Crippen LogP contribution in [0.15, 0.2) is 36.7 Å². The van der Waals surface area contributed by atoms with Crippen LogP contribution in [0.5, 0.6) is 5.75 Å². The molecule has 0 saturated carbocycles. The largest absolute Gasteiger partial charge is 0.491 e. The lowest BCUT2D eigenvalue weighted by molar-refractivity contribution is 0.291. The van der Waals surface area contributed by atoms with Gasteiger partial charge in [0.1, 0.15) is 17.3 Å². The number of hydrogen-bond acceptors (Lipinski definition) is 3. The molecular formula is C12H12ClN3OS. The van der Waals surface area contributed by atoms with E-state index in [1.54, 1.807) is 29.1 Å². The average molecular weight is 282 g/mol. The predicted octanol–water partition coefficient (Wildman–Crippen LogP) is 2.25. The summed E-state index contributed by atoms with van der Waals surface area (Å²) in [7, 11) is 0. The number of hydrogen-bond donors (Lipinski definition) is 1. The molecule has 6 heteroatoms. The number of ether oxygens (including phenoxy) is 1. The van der Waals surface area contributed by atoms with Gasteiger partial charge in [-0.15, -0.1) is 0 Å². The first-order valence-electron chi connectivity index (χ1n) is 5.36. The number of rotatable bonds is 5. The molecule has 0 radical (unpaired) electrons. The van der Waals surface area contributed by atoms with Crippen LogP contribution in [0.4, 0.5) is 0 Å². The Morgan fingerprint density at radius 2 is 2.33 bits per heavy atom. The van der Waals surface area contributed by atoms with Gasteiger partial charge in [0, 0.05) is 17.4 Å². The molecule has 0 fully saturated rings. The van der Waals surface area contributed by atoms with Gasteiger partial charge in [-0.05, 0) is 24.3 Å². The van der Waals surface area contributed by atoms with Gasteiger partial charge in [0.2, 0.25) is 0 Å². The summed E-state index contributed by atoms with van der Waals surface area (Å²) in [5.74, 6) is 0.599. The number of benzene rings is 1. The lowest BCUT2D eigenvalue weighted by Crippen LogP contribution is -2.14. The molecule has 0 aliphatic carbocycles. The molecule has 1 aromatic heterocycles. The summed E-state index contributed by atoms with van der Waals surface area (Å²) in [5.41, 5.74) is 6.31. The monoisotopic (exact) mass is 281 g/mol. The molecule has 94 valence electrons. The SMILES string of the molecule is NC(=S)c1ccc(Cl)cc1OCCn1cccn1. The number of aromatic nitrogens is 2. The van der Waals surface area contributed by atoms with E-state index in [0.29, 0.717) is 34.5 Å². The maximum Gasteiger partial charge on any atom is 0.131 e. The van der Waals surface area contributed by atoms with Crippen LogP contribution in [0.1, 0.15) is 5.56 Å². The van der Waals surface area contributed by atoms with E-state index >= 15 is 0 Å². The first kappa shape index (κ1) is 12.9. The van der Waals surface area contributed by atoms with Gasteiger partial charge in [-0.2, -0.15) is 5.10 Å². The highest BCUT2D eigenvalue weighted by molar-refractivity contribution is 7.80. The third kappa shape index (κ3) is 3.21. The van der Waals surface area contributed by atoms with Gasteiger partial charge < -0.3 is 10.5 Å². The molecule has 18 heavy (non-hydrogen) atoms. The molecule has 0 spiro atoms. The minimum Gasteiger partial charge on any atom is -0.491 e. The van der Waals surface area contributed by atoms with E-state index < -0.39 is 0 Å². The van der Waals surface area contributed by atoms with Gasteiger partial charge in [-0.1, -0.05) is 23.8 Å². The molecule has 2 N–H and O–H groups in total. The van der Waals surface area contributed by atoms with Crippen molar-refractivity contribution < 1.29 is 4.74 Å². The lowest BCUT2D eigenvalue weighted by Gasteiger charge is -2.11. The van der Waals surface area contributed by atoms with Crippen molar-refractivity contribution in [2.24, 2.45) is 5.73 Å². The molecular weight excluding hydrogens is 270 g/mol. The Morgan fingerprint density at radius 1 is 1.50 bits per heavy atom. The van der Waals surface area contributed by atoms with E-state index in [9.17, 15) is 0 Å². The maximum atomic E-state index is 5.92. The lowest BCUT2D eigenvalue weighted by atomic mass is 10.2. The number of thiocarbonyl (C=S) groups is 1. The summed E-state index contributed by atoms with van der Waals surface area (Å²) < 4.78 is 7.42. The third-order valence-corrected chi connectivity index (χ3v) is 2.80. The van der Waals surface area contributed by atoms with E-state index in [4.69, 9.17) is 34.3 Å². The Hall–Kier alpha value is -1.59. The third-order valence-electron chi connectivity index (χ3n) is 2.35. The van der Waals surface area contributed by atoms with Crippen molar-refractivity contribution in [1.29, 1.82) is 0 Å². The van der Waals surface area contributed by atoms with Crippen LogP contribution in [-0.4, -0.2) is 21.4 Å². The predicted molar refractivity (Wildman–Crippen MR) is 75.1 cm³/mol. The first-order valence-corrected chi connectivity index (χ1v) is 6.15. The highest BCUT2D eigenvalue weighted by atomic mass is 35.5. The second-order valence-corrected chi connectivity index (χ2v) is 4.50. The van der Waals surface area contributed by atoms with Gasteiger partial charge in [-0.25, -0.2) is 0 Å². The Kier molecular flexibility index (Phi) is 4.17. The molecule has 0 amide bonds. The van der Waals surface area contributed by atoms with E-state index in [-0.39, 0.29) is 0 Å². The van der Waals surface area contributed by atoms with Crippen LogP contribution in [0.2, 0.25) is 5.02 Å². The van der Waals surface area contributed by atoms with Crippen LogP contribution in [0.25, 0.3) is 0 Å². The number of nitrogens with two attached hydrogens (primary N) is 1. The summed E-state index contributed by atoms with van der Waals surface area (Å²) in [6.45, 7) is 1.12. The standard InChI is InChI=1S/C12H12ClN3OS/c13-9-2-3-10(12(14)18)11(8-9)17-7-6-16-5-1-4-15-16/h1-5,8H,6-7H2,(H2,14,18). The van der Waals surface area contributed by atoms with Crippen LogP contribution < -0.4 is 10.5 Å². The first-order chi connectivity index (χ1) is 8.66. The minimum absolute atomic E-state index is 0.292. The highest BCUT2D eigenvalue weighted by Gasteiger charge is 2.07. The molecule has 2 rings (SSSR count). The highest BCUT2D eigenvalue weighted by Crippen LogP contribution is 2.23. The smallest absolute Gasteiger partial charge is 0.131 e. The van der Waals surface area contributed by atoms with Crippen LogP contribution in [-0.2, 0) is 6.54 Å². The molecule has 0 atom stereocenters. The molecule has 1 heterocycles.